The van der Waals surface area contributed by atoms with Gasteiger partial charge in [0.05, 0.1) is 35.6 Å². The van der Waals surface area contributed by atoms with Crippen molar-refractivity contribution >= 4 is 38.9 Å². The van der Waals surface area contributed by atoms with Crippen molar-refractivity contribution in [2.24, 2.45) is 0 Å². The molecule has 0 aliphatic heterocycles. The normalized spacial score (nSPS) is 13.4. The maximum Gasteiger partial charge on any atom is 0.255 e. The zero-order chi connectivity index (χ0) is 31.4. The van der Waals surface area contributed by atoms with Crippen molar-refractivity contribution in [2.45, 2.75) is 16.6 Å². The molecule has 8 nitrogen and oxygen atoms in total. The van der Waals surface area contributed by atoms with Gasteiger partial charge in [-0.15, -0.1) is 0 Å². The first-order valence-corrected chi connectivity index (χ1v) is 15.1. The van der Waals surface area contributed by atoms with E-state index in [1.807, 2.05) is 6.07 Å². The Morgan fingerprint density at radius 3 is 2.37 bits per heavy atom. The van der Waals surface area contributed by atoms with Crippen molar-refractivity contribution in [2.75, 3.05) is 13.7 Å². The molecular weight excluding hydrogens is 618 g/mol. The van der Waals surface area contributed by atoms with Crippen molar-refractivity contribution in [3.05, 3.63) is 129 Å². The van der Waals surface area contributed by atoms with Crippen molar-refractivity contribution in [3.63, 3.8) is 0 Å². The molecule has 2 unspecified atom stereocenters. The number of nitrogens with one attached hydrogen (secondary N) is 1. The smallest absolute Gasteiger partial charge is 0.255 e. The molecule has 4 aromatic carbocycles. The topological polar surface area (TPSA) is 137 Å². The number of amides is 1. The van der Waals surface area contributed by atoms with Gasteiger partial charge in [0.15, 0.2) is 21.4 Å². The van der Waals surface area contributed by atoms with Gasteiger partial charge in [0.1, 0.15) is 22.7 Å². The van der Waals surface area contributed by atoms with Gasteiger partial charge in [0.25, 0.3) is 5.91 Å². The van der Waals surface area contributed by atoms with Gasteiger partial charge in [0.2, 0.25) is 0 Å². The van der Waals surface area contributed by atoms with E-state index in [4.69, 9.17) is 27.9 Å². The number of halogens is 3. The standard InChI is InChI=1S/C31H25Cl2FN2O6S/c1-42-28-13-10-22(15-26(28)34)31(39,18-36-30(38)24-4-2-3-5-27(24)37)29(20-8-9-21(16-35)25(33)14-20)43(40,41)17-19-6-11-23(32)12-7-19/h2-15,29,37,39H,17-18H2,1H3,(H,36,38). The molecule has 222 valence electrons. The van der Waals surface area contributed by atoms with Crippen LogP contribution in [0.5, 0.6) is 11.5 Å². The fourth-order valence-electron chi connectivity index (χ4n) is 4.72. The van der Waals surface area contributed by atoms with Crippen molar-refractivity contribution in [1.82, 2.24) is 5.32 Å². The number of rotatable bonds is 10. The molecule has 0 saturated carbocycles. The number of nitrogens with zero attached hydrogens (tertiary/aromatic N) is 1. The number of para-hydroxylation sites is 1. The molecule has 4 rings (SSSR count). The van der Waals surface area contributed by atoms with Crippen LogP contribution in [0, 0.1) is 17.1 Å². The van der Waals surface area contributed by atoms with E-state index in [9.17, 15) is 28.7 Å². The van der Waals surface area contributed by atoms with Crippen LogP contribution in [-0.4, -0.2) is 38.2 Å². The highest BCUT2D eigenvalue weighted by Gasteiger charge is 2.48. The fourth-order valence-corrected chi connectivity index (χ4v) is 7.27. The number of hydrogen-bond acceptors (Lipinski definition) is 7. The number of phenolic OH excluding ortho intramolecular Hbond substituents is 1. The molecule has 3 N–H and O–H groups in total. The number of benzene rings is 4. The third-order valence-electron chi connectivity index (χ3n) is 6.81. The van der Waals surface area contributed by atoms with Crippen LogP contribution in [0.15, 0.2) is 84.9 Å². The summed E-state index contributed by atoms with van der Waals surface area (Å²) >= 11 is 12.3. The van der Waals surface area contributed by atoms with E-state index in [0.717, 1.165) is 6.07 Å². The van der Waals surface area contributed by atoms with E-state index in [-0.39, 0.29) is 38.8 Å². The predicted octanol–water partition coefficient (Wildman–Crippen LogP) is 5.69. The molecule has 0 fully saturated rings. The molecule has 0 aliphatic carbocycles. The molecule has 0 spiro atoms. The molecule has 0 bridgehead atoms. The Balaban J connectivity index is 1.92. The highest BCUT2D eigenvalue weighted by molar-refractivity contribution is 7.91. The fraction of sp³-hybridized carbons (Fsp3) is 0.161. The summed E-state index contributed by atoms with van der Waals surface area (Å²) in [7, 11) is -3.18. The lowest BCUT2D eigenvalue weighted by atomic mass is 9.85. The Morgan fingerprint density at radius 1 is 1.07 bits per heavy atom. The van der Waals surface area contributed by atoms with E-state index >= 15 is 4.39 Å². The first kappa shape index (κ1) is 31.8. The van der Waals surface area contributed by atoms with Gasteiger partial charge in [-0.05, 0) is 65.2 Å². The van der Waals surface area contributed by atoms with Crippen LogP contribution in [0.1, 0.15) is 37.9 Å². The van der Waals surface area contributed by atoms with Crippen LogP contribution in [0.25, 0.3) is 0 Å². The van der Waals surface area contributed by atoms with Gasteiger partial charge in [-0.3, -0.25) is 4.79 Å². The number of carbonyl (C=O) groups excluding carboxylic acids is 1. The summed E-state index contributed by atoms with van der Waals surface area (Å²) in [6, 6.07) is 20.9. The molecule has 0 aromatic heterocycles. The number of ether oxygens (including phenoxy) is 1. The third kappa shape index (κ3) is 6.92. The minimum atomic E-state index is -4.42. The van der Waals surface area contributed by atoms with E-state index < -0.39 is 44.7 Å². The number of carbonyl (C=O) groups is 1. The van der Waals surface area contributed by atoms with Crippen molar-refractivity contribution in [1.29, 1.82) is 5.26 Å². The van der Waals surface area contributed by atoms with Crippen LogP contribution >= 0.6 is 23.2 Å². The van der Waals surface area contributed by atoms with Gasteiger partial charge in [0, 0.05) is 5.02 Å². The molecule has 2 atom stereocenters. The first-order chi connectivity index (χ1) is 20.4. The first-order valence-electron chi connectivity index (χ1n) is 12.7. The number of nitriles is 1. The quantitative estimate of drug-likeness (QED) is 0.202. The van der Waals surface area contributed by atoms with E-state index in [1.165, 1.54) is 86.0 Å². The summed E-state index contributed by atoms with van der Waals surface area (Å²) in [5.74, 6) is -2.80. The van der Waals surface area contributed by atoms with E-state index in [2.05, 4.69) is 5.32 Å². The summed E-state index contributed by atoms with van der Waals surface area (Å²) in [5.41, 5.74) is -2.47. The van der Waals surface area contributed by atoms with Crippen LogP contribution in [-0.2, 0) is 21.2 Å². The Kier molecular flexibility index (Phi) is 9.62. The molecule has 43 heavy (non-hydrogen) atoms. The molecule has 0 aliphatic rings. The lowest BCUT2D eigenvalue weighted by Crippen LogP contribution is -2.48. The van der Waals surface area contributed by atoms with Gasteiger partial charge >= 0.3 is 0 Å². The Morgan fingerprint density at radius 2 is 1.77 bits per heavy atom. The Hall–Kier alpha value is -4.14. The monoisotopic (exact) mass is 642 g/mol. The summed E-state index contributed by atoms with van der Waals surface area (Å²) in [5, 5.41) is 32.9. The summed E-state index contributed by atoms with van der Waals surface area (Å²) in [6.07, 6.45) is 0. The lowest BCUT2D eigenvalue weighted by molar-refractivity contribution is 0.0295. The lowest BCUT2D eigenvalue weighted by Gasteiger charge is -2.37. The summed E-state index contributed by atoms with van der Waals surface area (Å²) in [6.45, 7) is -0.742. The van der Waals surface area contributed by atoms with Gasteiger partial charge in [-0.25, -0.2) is 12.8 Å². The second kappa shape index (κ2) is 13.0. The number of phenols is 1. The maximum atomic E-state index is 15.0. The Bertz CT molecular complexity index is 1810. The van der Waals surface area contributed by atoms with Gasteiger partial charge in [-0.1, -0.05) is 59.6 Å². The zero-order valence-corrected chi connectivity index (χ0v) is 24.9. The van der Waals surface area contributed by atoms with Gasteiger partial charge < -0.3 is 20.3 Å². The zero-order valence-electron chi connectivity index (χ0n) is 22.6. The van der Waals surface area contributed by atoms with Crippen molar-refractivity contribution < 1.29 is 32.6 Å². The van der Waals surface area contributed by atoms with E-state index in [0.29, 0.717) is 10.6 Å². The molecule has 1 amide bonds. The van der Waals surface area contributed by atoms with Crippen LogP contribution in [0.3, 0.4) is 0 Å². The number of hydrogen-bond donors (Lipinski definition) is 3. The Labute approximate surface area is 257 Å². The minimum absolute atomic E-state index is 0.0199. The predicted molar refractivity (Wildman–Crippen MR) is 160 cm³/mol. The second-order valence-electron chi connectivity index (χ2n) is 9.64. The summed E-state index contributed by atoms with van der Waals surface area (Å²) < 4.78 is 48.6. The number of methoxy groups -OCH3 is 1. The van der Waals surface area contributed by atoms with E-state index in [1.54, 1.807) is 0 Å². The minimum Gasteiger partial charge on any atom is -0.507 e. The third-order valence-corrected chi connectivity index (χ3v) is 9.49. The highest BCUT2D eigenvalue weighted by atomic mass is 35.5. The van der Waals surface area contributed by atoms with Crippen LogP contribution in [0.2, 0.25) is 10.0 Å². The molecule has 0 heterocycles. The maximum absolute atomic E-state index is 15.0. The molecule has 0 radical (unpaired) electrons. The second-order valence-corrected chi connectivity index (χ2v) is 12.6. The summed E-state index contributed by atoms with van der Waals surface area (Å²) in [4.78, 5) is 13.1. The van der Waals surface area contributed by atoms with Crippen LogP contribution in [0.4, 0.5) is 4.39 Å². The largest absolute Gasteiger partial charge is 0.507 e. The molecule has 4 aromatic rings. The average molecular weight is 644 g/mol. The van der Waals surface area contributed by atoms with Gasteiger partial charge in [-0.2, -0.15) is 5.26 Å². The average Bonchev–Trinajstić information content (AvgIpc) is 2.97. The van der Waals surface area contributed by atoms with Crippen LogP contribution < -0.4 is 10.1 Å². The number of aromatic hydroxyl groups is 1. The van der Waals surface area contributed by atoms with Crippen molar-refractivity contribution in [3.8, 4) is 17.6 Å². The highest BCUT2D eigenvalue weighted by Crippen LogP contribution is 2.44. The SMILES string of the molecule is COc1ccc(C(O)(CNC(=O)c2ccccc2O)C(c2ccc(C#N)c(Cl)c2)S(=O)(=O)Cc2ccc(Cl)cc2)cc1F. The number of aliphatic hydroxyl groups is 1. The number of sulfone groups is 1. The molecule has 12 heteroatoms. The molecule has 0 saturated heterocycles. The molecular formula is C31H25Cl2FN2O6S.